The summed E-state index contributed by atoms with van der Waals surface area (Å²) in [6, 6.07) is 6.95. The third kappa shape index (κ3) is 5.55. The number of hydrogen-bond donors (Lipinski definition) is 1. The average molecular weight is 357 g/mol. The predicted molar refractivity (Wildman–Crippen MR) is 80.7 cm³/mol. The Hall–Kier alpha value is -1.89. The first-order chi connectivity index (χ1) is 9.95. The molecule has 0 aliphatic rings. The summed E-state index contributed by atoms with van der Waals surface area (Å²) in [5.74, 6) is -0.997. The van der Waals surface area contributed by atoms with Gasteiger partial charge >= 0.3 is 5.97 Å². The molecule has 7 heteroatoms. The van der Waals surface area contributed by atoms with Crippen molar-refractivity contribution < 1.29 is 19.1 Å². The number of rotatable bonds is 6. The highest BCUT2D eigenvalue weighted by molar-refractivity contribution is 9.10. The van der Waals surface area contributed by atoms with Crippen LogP contribution in [0.5, 0.6) is 0 Å². The van der Waals surface area contributed by atoms with Gasteiger partial charge in [-0.1, -0.05) is 12.1 Å². The van der Waals surface area contributed by atoms with Gasteiger partial charge in [0.25, 0.3) is 5.91 Å². The van der Waals surface area contributed by atoms with E-state index in [9.17, 15) is 14.4 Å². The van der Waals surface area contributed by atoms with Crippen molar-refractivity contribution in [2.45, 2.75) is 6.42 Å². The molecular formula is C14H17BrN2O4. The van der Waals surface area contributed by atoms with Crippen LogP contribution in [0.2, 0.25) is 0 Å². The Labute approximate surface area is 131 Å². The summed E-state index contributed by atoms with van der Waals surface area (Å²) >= 11 is 3.27. The van der Waals surface area contributed by atoms with Crippen LogP contribution in [0.4, 0.5) is 0 Å². The van der Waals surface area contributed by atoms with E-state index in [1.54, 1.807) is 31.3 Å². The molecule has 2 amide bonds. The molecule has 0 atom stereocenters. The van der Waals surface area contributed by atoms with Crippen LogP contribution in [-0.4, -0.2) is 49.9 Å². The molecule has 114 valence electrons. The molecule has 0 heterocycles. The molecule has 0 unspecified atom stereocenters. The molecule has 0 aliphatic heterocycles. The van der Waals surface area contributed by atoms with Crippen LogP contribution in [0.3, 0.4) is 0 Å². The zero-order valence-electron chi connectivity index (χ0n) is 11.9. The Morgan fingerprint density at radius 1 is 1.29 bits per heavy atom. The van der Waals surface area contributed by atoms with E-state index in [0.717, 1.165) is 0 Å². The summed E-state index contributed by atoms with van der Waals surface area (Å²) in [6.07, 6.45) is 0.122. The molecule has 0 saturated heterocycles. The first-order valence-electron chi connectivity index (χ1n) is 6.29. The van der Waals surface area contributed by atoms with E-state index in [-0.39, 0.29) is 37.3 Å². The monoisotopic (exact) mass is 356 g/mol. The number of ether oxygens (including phenoxy) is 1. The van der Waals surface area contributed by atoms with Crippen molar-refractivity contribution in [3.8, 4) is 0 Å². The Morgan fingerprint density at radius 3 is 2.57 bits per heavy atom. The predicted octanol–water partition coefficient (Wildman–Crippen LogP) is 1.20. The minimum Gasteiger partial charge on any atom is -0.469 e. The maximum atomic E-state index is 11.9. The van der Waals surface area contributed by atoms with Gasteiger partial charge in [0.15, 0.2) is 0 Å². The second kappa shape index (κ2) is 8.41. The summed E-state index contributed by atoms with van der Waals surface area (Å²) in [4.78, 5) is 36.1. The van der Waals surface area contributed by atoms with Crippen molar-refractivity contribution in [2.24, 2.45) is 0 Å². The molecule has 0 saturated carbocycles. The molecule has 0 radical (unpaired) electrons. The van der Waals surface area contributed by atoms with Crippen LogP contribution in [-0.2, 0) is 14.3 Å². The molecule has 0 aromatic heterocycles. The molecule has 0 fully saturated rings. The Morgan fingerprint density at radius 2 is 1.95 bits per heavy atom. The maximum Gasteiger partial charge on any atom is 0.307 e. The number of carbonyl (C=O) groups excluding carboxylic acids is 3. The number of esters is 1. The summed E-state index contributed by atoms with van der Waals surface area (Å²) in [5, 5.41) is 2.55. The highest BCUT2D eigenvalue weighted by Gasteiger charge is 2.14. The van der Waals surface area contributed by atoms with Crippen LogP contribution in [0.25, 0.3) is 0 Å². The van der Waals surface area contributed by atoms with E-state index in [4.69, 9.17) is 0 Å². The minimum atomic E-state index is -0.382. The zero-order valence-corrected chi connectivity index (χ0v) is 13.5. The van der Waals surface area contributed by atoms with E-state index in [1.807, 2.05) is 0 Å². The highest BCUT2D eigenvalue weighted by Crippen LogP contribution is 2.15. The van der Waals surface area contributed by atoms with E-state index >= 15 is 0 Å². The zero-order chi connectivity index (χ0) is 15.8. The number of amides is 2. The number of halogens is 1. The lowest BCUT2D eigenvalue weighted by Crippen LogP contribution is -2.39. The summed E-state index contributed by atoms with van der Waals surface area (Å²) in [5.41, 5.74) is 0.461. The van der Waals surface area contributed by atoms with Crippen LogP contribution in [0.15, 0.2) is 28.7 Å². The van der Waals surface area contributed by atoms with E-state index in [2.05, 4.69) is 26.0 Å². The SMILES string of the molecule is COC(=O)CCN(C)C(=O)CNC(=O)c1ccccc1Br. The van der Waals surface area contributed by atoms with Gasteiger partial charge in [-0.15, -0.1) is 0 Å². The third-order valence-electron chi connectivity index (χ3n) is 2.82. The average Bonchev–Trinajstić information content (AvgIpc) is 2.49. The summed E-state index contributed by atoms with van der Waals surface area (Å²) in [7, 11) is 2.86. The number of nitrogens with zero attached hydrogens (tertiary/aromatic N) is 1. The first-order valence-corrected chi connectivity index (χ1v) is 7.08. The fourth-order valence-corrected chi connectivity index (χ4v) is 1.98. The molecule has 1 rings (SSSR count). The van der Waals surface area contributed by atoms with Crippen molar-refractivity contribution in [3.63, 3.8) is 0 Å². The highest BCUT2D eigenvalue weighted by atomic mass is 79.9. The van der Waals surface area contributed by atoms with Crippen molar-refractivity contribution in [1.82, 2.24) is 10.2 Å². The van der Waals surface area contributed by atoms with Crippen molar-refractivity contribution in [3.05, 3.63) is 34.3 Å². The topological polar surface area (TPSA) is 75.7 Å². The molecule has 1 aromatic rings. The second-order valence-corrected chi connectivity index (χ2v) is 5.16. The first kappa shape index (κ1) is 17.2. The smallest absolute Gasteiger partial charge is 0.307 e. The van der Waals surface area contributed by atoms with Gasteiger partial charge in [0.1, 0.15) is 0 Å². The van der Waals surface area contributed by atoms with Gasteiger partial charge in [0.2, 0.25) is 5.91 Å². The van der Waals surface area contributed by atoms with Crippen LogP contribution >= 0.6 is 15.9 Å². The third-order valence-corrected chi connectivity index (χ3v) is 3.51. The van der Waals surface area contributed by atoms with Gasteiger partial charge in [-0.25, -0.2) is 0 Å². The Kier molecular flexibility index (Phi) is 6.87. The lowest BCUT2D eigenvalue weighted by atomic mass is 10.2. The van der Waals surface area contributed by atoms with Gasteiger partial charge in [0, 0.05) is 18.1 Å². The molecule has 0 aliphatic carbocycles. The van der Waals surface area contributed by atoms with Gasteiger partial charge in [0.05, 0.1) is 25.6 Å². The van der Waals surface area contributed by atoms with Gasteiger partial charge in [-0.05, 0) is 28.1 Å². The molecule has 0 bridgehead atoms. The molecule has 1 N–H and O–H groups in total. The van der Waals surface area contributed by atoms with Crippen LogP contribution < -0.4 is 5.32 Å². The van der Waals surface area contributed by atoms with Crippen molar-refractivity contribution >= 4 is 33.7 Å². The number of likely N-dealkylation sites (N-methyl/N-ethyl adjacent to an activating group) is 1. The quantitative estimate of drug-likeness (QED) is 0.777. The molecular weight excluding hydrogens is 340 g/mol. The van der Waals surface area contributed by atoms with E-state index in [1.165, 1.54) is 12.0 Å². The molecule has 1 aromatic carbocycles. The Balaban J connectivity index is 2.44. The number of carbonyl (C=O) groups is 3. The van der Waals surface area contributed by atoms with E-state index < -0.39 is 0 Å². The second-order valence-electron chi connectivity index (χ2n) is 4.30. The van der Waals surface area contributed by atoms with Gasteiger partial charge in [-0.2, -0.15) is 0 Å². The van der Waals surface area contributed by atoms with E-state index in [0.29, 0.717) is 10.0 Å². The largest absolute Gasteiger partial charge is 0.469 e. The summed E-state index contributed by atoms with van der Waals surface area (Å²) < 4.78 is 5.16. The normalized spacial score (nSPS) is 9.86. The number of methoxy groups -OCH3 is 1. The lowest BCUT2D eigenvalue weighted by molar-refractivity contribution is -0.141. The van der Waals surface area contributed by atoms with Crippen molar-refractivity contribution in [1.29, 1.82) is 0 Å². The fourth-order valence-electron chi connectivity index (χ4n) is 1.52. The number of nitrogens with one attached hydrogen (secondary N) is 1. The standard InChI is InChI=1S/C14H17BrN2O4/c1-17(8-7-13(19)21-2)12(18)9-16-14(20)10-5-3-4-6-11(10)15/h3-6H,7-9H2,1-2H3,(H,16,20). The fraction of sp³-hybridized carbons (Fsp3) is 0.357. The van der Waals surface area contributed by atoms with Crippen molar-refractivity contribution in [2.75, 3.05) is 27.2 Å². The molecule has 0 spiro atoms. The van der Waals surface area contributed by atoms with Gasteiger partial charge in [-0.3, -0.25) is 14.4 Å². The lowest BCUT2D eigenvalue weighted by Gasteiger charge is -2.16. The minimum absolute atomic E-state index is 0.122. The van der Waals surface area contributed by atoms with Crippen LogP contribution in [0.1, 0.15) is 16.8 Å². The Bertz CT molecular complexity index is 533. The molecule has 6 nitrogen and oxygen atoms in total. The van der Waals surface area contributed by atoms with Gasteiger partial charge < -0.3 is 15.0 Å². The number of benzene rings is 1. The summed E-state index contributed by atoms with van der Waals surface area (Å²) in [6.45, 7) is 0.119. The van der Waals surface area contributed by atoms with Crippen LogP contribution in [0, 0.1) is 0 Å². The molecule has 21 heavy (non-hydrogen) atoms. The maximum absolute atomic E-state index is 11.9. The number of hydrogen-bond acceptors (Lipinski definition) is 4.